The zero-order valence-corrected chi connectivity index (χ0v) is 21.9. The number of nitrogens with zero attached hydrogens (tertiary/aromatic N) is 3. The van der Waals surface area contributed by atoms with Crippen molar-refractivity contribution < 1.29 is 4.79 Å². The number of pyridine rings is 1. The van der Waals surface area contributed by atoms with Crippen molar-refractivity contribution in [3.05, 3.63) is 81.7 Å². The molecule has 2 bridgehead atoms. The molecule has 0 saturated carbocycles. The molecule has 0 N–H and O–H groups in total. The van der Waals surface area contributed by atoms with Gasteiger partial charge in [-0.2, -0.15) is 0 Å². The molecule has 0 radical (unpaired) electrons. The summed E-state index contributed by atoms with van der Waals surface area (Å²) >= 11 is 15.2. The van der Waals surface area contributed by atoms with Crippen molar-refractivity contribution in [3.63, 3.8) is 0 Å². The molecule has 0 aliphatic carbocycles. The van der Waals surface area contributed by atoms with Gasteiger partial charge in [0.15, 0.2) is 0 Å². The van der Waals surface area contributed by atoms with Gasteiger partial charge < -0.3 is 9.47 Å². The van der Waals surface area contributed by atoms with Crippen molar-refractivity contribution in [2.24, 2.45) is 5.92 Å². The summed E-state index contributed by atoms with van der Waals surface area (Å²) in [6, 6.07) is 19.1. The van der Waals surface area contributed by atoms with Gasteiger partial charge in [0.2, 0.25) is 5.91 Å². The number of aromatic nitrogens is 1. The molecule has 3 aromatic rings. The van der Waals surface area contributed by atoms with Crippen molar-refractivity contribution >= 4 is 68.9 Å². The number of likely N-dealkylation sites (tertiary alicyclic amines) is 1. The molecule has 3 aliphatic heterocycles. The van der Waals surface area contributed by atoms with Crippen molar-refractivity contribution in [3.8, 4) is 0 Å². The lowest BCUT2D eigenvalue weighted by atomic mass is 9.83. The molecule has 6 rings (SSSR count). The van der Waals surface area contributed by atoms with E-state index in [1.807, 2.05) is 53.1 Å². The highest BCUT2D eigenvalue weighted by Crippen LogP contribution is 2.49. The predicted molar refractivity (Wildman–Crippen MR) is 147 cm³/mol. The molecule has 9 heteroatoms. The maximum absolute atomic E-state index is 13.6. The second kappa shape index (κ2) is 9.32. The minimum Gasteiger partial charge on any atom is -0.356 e. The fourth-order valence-corrected chi connectivity index (χ4v) is 7.56. The average molecular weight is 540 g/mol. The molecule has 5 nitrogen and oxygen atoms in total. The van der Waals surface area contributed by atoms with Crippen LogP contribution in [0.1, 0.15) is 18.0 Å². The molecule has 0 spiro atoms. The predicted octanol–water partition coefficient (Wildman–Crippen LogP) is 5.77. The van der Waals surface area contributed by atoms with Crippen LogP contribution in [0.25, 0.3) is 0 Å². The first-order chi connectivity index (χ1) is 17.0. The van der Waals surface area contributed by atoms with Crippen LogP contribution in [0.2, 0.25) is 5.02 Å². The fourth-order valence-electron chi connectivity index (χ4n) is 5.32. The van der Waals surface area contributed by atoms with Gasteiger partial charge in [0.1, 0.15) is 4.32 Å². The number of rotatable bonds is 2. The van der Waals surface area contributed by atoms with E-state index in [2.05, 4.69) is 11.0 Å². The average Bonchev–Trinajstić information content (AvgIpc) is 2.86. The molecular formula is C26H22ClN3O2S3. The minimum atomic E-state index is -0.0253. The van der Waals surface area contributed by atoms with Gasteiger partial charge in [-0.05, 0) is 48.7 Å². The highest BCUT2D eigenvalue weighted by molar-refractivity contribution is 8.23. The van der Waals surface area contributed by atoms with Crippen LogP contribution in [0.15, 0.2) is 75.2 Å². The van der Waals surface area contributed by atoms with Gasteiger partial charge in [-0.15, -0.1) is 0 Å². The van der Waals surface area contributed by atoms with Gasteiger partial charge >= 0.3 is 0 Å². The molecule has 1 aromatic heterocycles. The molecule has 1 fully saturated rings. The zero-order chi connectivity index (χ0) is 24.1. The molecule has 3 aliphatic rings. The van der Waals surface area contributed by atoms with E-state index in [1.165, 1.54) is 11.8 Å². The van der Waals surface area contributed by atoms with Crippen LogP contribution in [0.4, 0.5) is 11.4 Å². The summed E-state index contributed by atoms with van der Waals surface area (Å²) in [7, 11) is 0. The monoisotopic (exact) mass is 539 g/mol. The van der Waals surface area contributed by atoms with Gasteiger partial charge in [-0.25, -0.2) is 0 Å². The standard InChI is InChI=1S/C26H22ClN3O2S3/c27-18-8-9-23-21(11-18)30(20-4-1-2-6-22(20)35-23)25(32)15-34-26(33)28-12-16-10-17(14-28)19-5-3-7-24(31)29(19)13-16/h1-9,11,16-17H,10,12-15H2/t16-,17-/m1/s1. The Morgan fingerprint density at radius 3 is 2.74 bits per heavy atom. The summed E-state index contributed by atoms with van der Waals surface area (Å²) < 4.78 is 2.66. The van der Waals surface area contributed by atoms with E-state index in [0.717, 1.165) is 57.2 Å². The topological polar surface area (TPSA) is 45.6 Å². The van der Waals surface area contributed by atoms with E-state index >= 15 is 0 Å². The Morgan fingerprint density at radius 1 is 1.03 bits per heavy atom. The fraction of sp³-hybridized carbons (Fsp3) is 0.269. The number of para-hydroxylation sites is 1. The van der Waals surface area contributed by atoms with Crippen LogP contribution in [0.3, 0.4) is 0 Å². The number of hydrogen-bond donors (Lipinski definition) is 0. The highest BCUT2D eigenvalue weighted by atomic mass is 35.5. The molecule has 178 valence electrons. The van der Waals surface area contributed by atoms with Crippen molar-refractivity contribution in [1.82, 2.24) is 9.47 Å². The Hall–Kier alpha value is -2.26. The largest absolute Gasteiger partial charge is 0.356 e. The summed E-state index contributed by atoms with van der Waals surface area (Å²) in [5.41, 5.74) is 2.86. The van der Waals surface area contributed by atoms with Crippen LogP contribution < -0.4 is 10.5 Å². The zero-order valence-electron chi connectivity index (χ0n) is 18.7. The van der Waals surface area contributed by atoms with E-state index in [1.54, 1.807) is 22.7 Å². The number of hydrogen-bond acceptors (Lipinski definition) is 5. The molecule has 2 atom stereocenters. The Kier molecular flexibility index (Phi) is 6.16. The molecule has 0 unspecified atom stereocenters. The molecule has 2 aromatic carbocycles. The first-order valence-electron chi connectivity index (χ1n) is 11.5. The maximum atomic E-state index is 13.6. The first kappa shape index (κ1) is 23.2. The number of thioether (sulfide) groups is 1. The van der Waals surface area contributed by atoms with Crippen molar-refractivity contribution in [2.45, 2.75) is 28.7 Å². The number of amides is 1. The lowest BCUT2D eigenvalue weighted by Gasteiger charge is -2.43. The molecule has 1 saturated heterocycles. The van der Waals surface area contributed by atoms with Crippen LogP contribution in [0, 0.1) is 5.92 Å². The van der Waals surface area contributed by atoms with Crippen molar-refractivity contribution in [2.75, 3.05) is 23.7 Å². The third-order valence-electron chi connectivity index (χ3n) is 6.79. The quantitative estimate of drug-likeness (QED) is 0.385. The minimum absolute atomic E-state index is 0.0253. The van der Waals surface area contributed by atoms with Crippen LogP contribution in [-0.4, -0.2) is 38.5 Å². The van der Waals surface area contributed by atoms with Gasteiger partial charge in [-0.3, -0.25) is 14.5 Å². The number of piperidine rings is 1. The lowest BCUT2D eigenvalue weighted by molar-refractivity contribution is -0.115. The Labute approximate surface area is 222 Å². The van der Waals surface area contributed by atoms with Crippen molar-refractivity contribution in [1.29, 1.82) is 0 Å². The smallest absolute Gasteiger partial charge is 0.250 e. The van der Waals surface area contributed by atoms with Gasteiger partial charge in [0, 0.05) is 52.1 Å². The normalized spacial score (nSPS) is 20.0. The number of carbonyl (C=O) groups is 1. The van der Waals surface area contributed by atoms with E-state index < -0.39 is 0 Å². The van der Waals surface area contributed by atoms with Crippen LogP contribution >= 0.6 is 47.3 Å². The number of thiocarbonyl (C=S) groups is 1. The van der Waals surface area contributed by atoms with E-state index in [-0.39, 0.29) is 23.1 Å². The number of halogens is 1. The Bertz CT molecular complexity index is 1410. The van der Waals surface area contributed by atoms with Crippen LogP contribution in [-0.2, 0) is 11.3 Å². The second-order valence-electron chi connectivity index (χ2n) is 9.07. The summed E-state index contributed by atoms with van der Waals surface area (Å²) in [5.74, 6) is 0.884. The molecule has 4 heterocycles. The van der Waals surface area contributed by atoms with Gasteiger partial charge in [0.25, 0.3) is 5.56 Å². The lowest BCUT2D eigenvalue weighted by Crippen LogP contribution is -2.48. The van der Waals surface area contributed by atoms with E-state index in [0.29, 0.717) is 10.9 Å². The Morgan fingerprint density at radius 2 is 1.86 bits per heavy atom. The number of benzene rings is 2. The summed E-state index contributed by atoms with van der Waals surface area (Å²) in [4.78, 5) is 31.9. The van der Waals surface area contributed by atoms with E-state index in [9.17, 15) is 9.59 Å². The molecule has 35 heavy (non-hydrogen) atoms. The summed E-state index contributed by atoms with van der Waals surface area (Å²) in [5, 5.41) is 0.601. The summed E-state index contributed by atoms with van der Waals surface area (Å²) in [6.07, 6.45) is 1.08. The Balaban J connectivity index is 1.19. The first-order valence-corrected chi connectivity index (χ1v) is 14.1. The maximum Gasteiger partial charge on any atom is 0.250 e. The van der Waals surface area contributed by atoms with Gasteiger partial charge in [0.05, 0.1) is 17.1 Å². The number of fused-ring (bicyclic) bond motifs is 6. The molecule has 1 amide bonds. The highest BCUT2D eigenvalue weighted by Gasteiger charge is 2.36. The second-order valence-corrected chi connectivity index (χ2v) is 12.2. The number of anilines is 2. The van der Waals surface area contributed by atoms with E-state index in [4.69, 9.17) is 23.8 Å². The number of carbonyl (C=O) groups excluding carboxylic acids is 1. The van der Waals surface area contributed by atoms with Crippen LogP contribution in [0.5, 0.6) is 0 Å². The molecular weight excluding hydrogens is 518 g/mol. The third kappa shape index (κ3) is 4.31. The third-order valence-corrected chi connectivity index (χ3v) is 9.67. The summed E-state index contributed by atoms with van der Waals surface area (Å²) in [6.45, 7) is 2.33. The van der Waals surface area contributed by atoms with Gasteiger partial charge in [-0.1, -0.05) is 65.5 Å². The SMILES string of the molecule is O=C(CSC(=S)N1C[C@H]2C[C@H](C1)c1cccc(=O)n1C2)N1c2ccccc2Sc2ccc(Cl)cc21.